The van der Waals surface area contributed by atoms with Crippen LogP contribution in [0.15, 0.2) is 29.2 Å². The quantitative estimate of drug-likeness (QED) is 0.877. The van der Waals surface area contributed by atoms with Crippen LogP contribution in [-0.4, -0.2) is 42.8 Å². The number of hydrogen-bond acceptors (Lipinski definition) is 4. The van der Waals surface area contributed by atoms with Gasteiger partial charge in [0.25, 0.3) is 0 Å². The van der Waals surface area contributed by atoms with Gasteiger partial charge in [-0.05, 0) is 37.0 Å². The van der Waals surface area contributed by atoms with Crippen molar-refractivity contribution in [2.75, 3.05) is 18.2 Å². The summed E-state index contributed by atoms with van der Waals surface area (Å²) in [4.78, 5) is 12.1. The molecule has 120 valence electrons. The molecule has 1 saturated heterocycles. The molecule has 1 saturated carbocycles. The van der Waals surface area contributed by atoms with E-state index in [2.05, 4.69) is 5.32 Å². The van der Waals surface area contributed by atoms with Gasteiger partial charge in [0.15, 0.2) is 0 Å². The molecule has 5 nitrogen and oxygen atoms in total. The summed E-state index contributed by atoms with van der Waals surface area (Å²) in [6, 6.07) is 4.15. The van der Waals surface area contributed by atoms with E-state index in [1.165, 1.54) is 30.0 Å². The van der Waals surface area contributed by atoms with Gasteiger partial charge in [0.1, 0.15) is 11.9 Å². The molecule has 1 aliphatic carbocycles. The zero-order valence-corrected chi connectivity index (χ0v) is 13.5. The van der Waals surface area contributed by atoms with Crippen molar-refractivity contribution < 1.29 is 17.6 Å². The number of sulfonamides is 1. The monoisotopic (exact) mass is 344 g/mol. The average Bonchev–Trinajstić information content (AvgIpc) is 3.18. The molecule has 0 spiro atoms. The van der Waals surface area contributed by atoms with Gasteiger partial charge in [-0.2, -0.15) is 4.31 Å². The Balaban J connectivity index is 1.77. The number of hydrogen-bond donors (Lipinski definition) is 1. The van der Waals surface area contributed by atoms with Crippen LogP contribution in [0.5, 0.6) is 0 Å². The molecule has 2 aliphatic rings. The minimum atomic E-state index is -3.87. The van der Waals surface area contributed by atoms with E-state index in [0.29, 0.717) is 18.2 Å². The normalized spacial score (nSPS) is 22.7. The zero-order chi connectivity index (χ0) is 15.7. The number of nitrogens with zero attached hydrogens (tertiary/aromatic N) is 1. The highest BCUT2D eigenvalue weighted by atomic mass is 32.2. The van der Waals surface area contributed by atoms with Gasteiger partial charge in [0.05, 0.1) is 10.8 Å². The average molecular weight is 344 g/mol. The highest BCUT2D eigenvalue weighted by molar-refractivity contribution is 8.00. The Hall–Kier alpha value is -1.12. The topological polar surface area (TPSA) is 66.5 Å². The molecule has 1 heterocycles. The lowest BCUT2D eigenvalue weighted by Crippen LogP contribution is -2.47. The van der Waals surface area contributed by atoms with Gasteiger partial charge in [-0.25, -0.2) is 12.8 Å². The second kappa shape index (κ2) is 6.17. The van der Waals surface area contributed by atoms with Crippen LogP contribution in [-0.2, 0) is 14.8 Å². The number of thioether (sulfide) groups is 1. The molecule has 1 amide bonds. The minimum Gasteiger partial charge on any atom is -0.354 e. The van der Waals surface area contributed by atoms with E-state index >= 15 is 0 Å². The summed E-state index contributed by atoms with van der Waals surface area (Å²) in [7, 11) is -3.87. The van der Waals surface area contributed by atoms with Crippen molar-refractivity contribution in [3.8, 4) is 0 Å². The van der Waals surface area contributed by atoms with Crippen molar-refractivity contribution in [2.24, 2.45) is 5.92 Å². The third-order valence-electron chi connectivity index (χ3n) is 3.81. The summed E-state index contributed by atoms with van der Waals surface area (Å²) in [6.07, 6.45) is 2.23. The zero-order valence-electron chi connectivity index (χ0n) is 11.9. The SMILES string of the molecule is O=C(NCC1CC1)[C@@H]1CSCN1S(=O)(=O)c1cccc(F)c1. The Kier molecular flexibility index (Phi) is 4.42. The summed E-state index contributed by atoms with van der Waals surface area (Å²) >= 11 is 1.39. The Morgan fingerprint density at radius 3 is 2.86 bits per heavy atom. The minimum absolute atomic E-state index is 0.116. The maximum atomic E-state index is 13.3. The highest BCUT2D eigenvalue weighted by Gasteiger charge is 2.40. The fourth-order valence-electron chi connectivity index (χ4n) is 2.32. The van der Waals surface area contributed by atoms with Gasteiger partial charge >= 0.3 is 0 Å². The molecule has 1 aromatic carbocycles. The maximum absolute atomic E-state index is 13.3. The molecule has 1 aromatic rings. The Morgan fingerprint density at radius 2 is 2.18 bits per heavy atom. The molecule has 0 bridgehead atoms. The van der Waals surface area contributed by atoms with Gasteiger partial charge in [-0.1, -0.05) is 6.07 Å². The van der Waals surface area contributed by atoms with E-state index in [1.807, 2.05) is 0 Å². The first-order chi connectivity index (χ1) is 10.5. The largest absolute Gasteiger partial charge is 0.354 e. The Bertz CT molecular complexity index is 676. The summed E-state index contributed by atoms with van der Waals surface area (Å²) < 4.78 is 39.7. The summed E-state index contributed by atoms with van der Waals surface area (Å²) in [5.41, 5.74) is 0. The molecule has 1 aliphatic heterocycles. The first-order valence-electron chi connectivity index (χ1n) is 7.11. The number of carbonyl (C=O) groups is 1. The van der Waals surface area contributed by atoms with E-state index in [4.69, 9.17) is 0 Å². The van der Waals surface area contributed by atoms with Crippen LogP contribution in [0.3, 0.4) is 0 Å². The van der Waals surface area contributed by atoms with Crippen LogP contribution in [0.1, 0.15) is 12.8 Å². The van der Waals surface area contributed by atoms with Crippen molar-refractivity contribution in [1.29, 1.82) is 0 Å². The summed E-state index contributed by atoms with van der Waals surface area (Å²) in [5.74, 6) is 0.289. The maximum Gasteiger partial charge on any atom is 0.244 e. The first kappa shape index (κ1) is 15.8. The molecule has 3 rings (SSSR count). The summed E-state index contributed by atoms with van der Waals surface area (Å²) in [6.45, 7) is 0.605. The van der Waals surface area contributed by atoms with E-state index in [0.717, 1.165) is 23.2 Å². The second-order valence-electron chi connectivity index (χ2n) is 5.55. The van der Waals surface area contributed by atoms with E-state index in [-0.39, 0.29) is 16.7 Å². The van der Waals surface area contributed by atoms with Crippen molar-refractivity contribution in [2.45, 2.75) is 23.8 Å². The lowest BCUT2D eigenvalue weighted by Gasteiger charge is -2.22. The number of amides is 1. The van der Waals surface area contributed by atoms with Gasteiger partial charge < -0.3 is 5.32 Å². The van der Waals surface area contributed by atoms with Crippen LogP contribution >= 0.6 is 11.8 Å². The lowest BCUT2D eigenvalue weighted by molar-refractivity contribution is -0.123. The van der Waals surface area contributed by atoms with E-state index in [1.54, 1.807) is 0 Å². The van der Waals surface area contributed by atoms with Gasteiger partial charge in [-0.3, -0.25) is 4.79 Å². The van der Waals surface area contributed by atoms with Crippen molar-refractivity contribution >= 4 is 27.7 Å². The van der Waals surface area contributed by atoms with Crippen LogP contribution < -0.4 is 5.32 Å². The number of rotatable bonds is 5. The Labute approximate surface area is 133 Å². The molecule has 0 unspecified atom stereocenters. The summed E-state index contributed by atoms with van der Waals surface area (Å²) in [5, 5.41) is 2.82. The van der Waals surface area contributed by atoms with Crippen LogP contribution in [0.4, 0.5) is 4.39 Å². The smallest absolute Gasteiger partial charge is 0.244 e. The molecule has 1 atom stereocenters. The number of carbonyl (C=O) groups excluding carboxylic acids is 1. The fourth-order valence-corrected chi connectivity index (χ4v) is 5.50. The predicted octanol–water partition coefficient (Wildman–Crippen LogP) is 1.42. The molecule has 1 N–H and O–H groups in total. The Morgan fingerprint density at radius 1 is 1.41 bits per heavy atom. The fraction of sp³-hybridized carbons (Fsp3) is 0.500. The van der Waals surface area contributed by atoms with Crippen molar-refractivity contribution in [3.05, 3.63) is 30.1 Å². The predicted molar refractivity (Wildman–Crippen MR) is 82.3 cm³/mol. The number of nitrogens with one attached hydrogen (secondary N) is 1. The third kappa shape index (κ3) is 3.28. The van der Waals surface area contributed by atoms with Crippen LogP contribution in [0.25, 0.3) is 0 Å². The van der Waals surface area contributed by atoms with Crippen LogP contribution in [0, 0.1) is 11.7 Å². The standard InChI is InChI=1S/C14H17FN2O3S2/c15-11-2-1-3-12(6-11)22(19,20)17-9-21-8-13(17)14(18)16-7-10-4-5-10/h1-3,6,10,13H,4-5,7-9H2,(H,16,18)/t13-/m0/s1. The van der Waals surface area contributed by atoms with Crippen molar-refractivity contribution in [1.82, 2.24) is 9.62 Å². The molecular formula is C14H17FN2O3S2. The molecular weight excluding hydrogens is 327 g/mol. The molecule has 0 radical (unpaired) electrons. The molecule has 8 heteroatoms. The molecule has 0 aromatic heterocycles. The van der Waals surface area contributed by atoms with E-state index < -0.39 is 21.9 Å². The van der Waals surface area contributed by atoms with Gasteiger partial charge in [-0.15, -0.1) is 11.8 Å². The number of halogens is 1. The molecule has 2 fully saturated rings. The van der Waals surface area contributed by atoms with Crippen LogP contribution in [0.2, 0.25) is 0 Å². The molecule has 22 heavy (non-hydrogen) atoms. The highest BCUT2D eigenvalue weighted by Crippen LogP contribution is 2.30. The van der Waals surface area contributed by atoms with Gasteiger partial charge in [0.2, 0.25) is 15.9 Å². The van der Waals surface area contributed by atoms with Gasteiger partial charge in [0, 0.05) is 12.3 Å². The third-order valence-corrected chi connectivity index (χ3v) is 6.84. The lowest BCUT2D eigenvalue weighted by atomic mass is 10.3. The van der Waals surface area contributed by atoms with Crippen molar-refractivity contribution in [3.63, 3.8) is 0 Å². The number of benzene rings is 1. The second-order valence-corrected chi connectivity index (χ2v) is 8.44. The van der Waals surface area contributed by atoms with E-state index in [9.17, 15) is 17.6 Å². The first-order valence-corrected chi connectivity index (χ1v) is 9.71.